The second-order valence-electron chi connectivity index (χ2n) is 1.27. The Balaban J connectivity index is 3.90. The molecule has 0 aliphatic carbocycles. The van der Waals surface area contributed by atoms with Crippen LogP contribution < -0.4 is 0 Å². The molecule has 0 saturated carbocycles. The number of hydrogen-bond acceptors (Lipinski definition) is 2. The molecule has 0 N–H and O–H groups in total. The van der Waals surface area contributed by atoms with Gasteiger partial charge in [0.05, 0.1) is 10.2 Å². The molecule has 0 amide bonds. The van der Waals surface area contributed by atoms with E-state index in [-0.39, 0.29) is 0 Å². The van der Waals surface area contributed by atoms with E-state index in [2.05, 4.69) is 34.1 Å². The number of aliphatic imine (C=N–C) groups is 1. The Bertz CT molecular complexity index is 198. The van der Waals surface area contributed by atoms with Crippen LogP contribution in [0.5, 0.6) is 0 Å². The topological polar surface area (TPSA) is 36.1 Å². The van der Waals surface area contributed by atoms with Crippen LogP contribution in [0, 0.1) is 11.3 Å². The maximum atomic E-state index is 8.16. The lowest BCUT2D eigenvalue weighted by atomic mass is 10.4. The van der Waals surface area contributed by atoms with E-state index in [0.29, 0.717) is 10.2 Å². The molecular weight excluding hydrogens is 180 g/mol. The third-order valence-electron chi connectivity index (χ3n) is 0.504. The lowest BCUT2D eigenvalue weighted by Gasteiger charge is -1.80. The number of halogens is 1. The number of nitrogens with zero attached hydrogens (tertiary/aromatic N) is 2. The minimum absolute atomic E-state index is 0.315. The van der Waals surface area contributed by atoms with Gasteiger partial charge in [0.1, 0.15) is 6.07 Å². The summed E-state index contributed by atoms with van der Waals surface area (Å²) in [5.41, 5.74) is 0.315. The van der Waals surface area contributed by atoms with Crippen molar-refractivity contribution in [3.63, 3.8) is 0 Å². The highest BCUT2D eigenvalue weighted by atomic mass is 79.9. The fraction of sp³-hybridized carbons (Fsp3) is 0. The molecule has 0 aromatic rings. The van der Waals surface area contributed by atoms with Gasteiger partial charge in [-0.1, -0.05) is 13.2 Å². The van der Waals surface area contributed by atoms with E-state index in [1.54, 1.807) is 0 Å². The average Bonchev–Trinajstić information content (AvgIpc) is 1.83. The minimum Gasteiger partial charge on any atom is -0.249 e. The van der Waals surface area contributed by atoms with Gasteiger partial charge in [0.2, 0.25) is 0 Å². The van der Waals surface area contributed by atoms with Crippen molar-refractivity contribution in [3.05, 3.63) is 23.3 Å². The summed E-state index contributed by atoms with van der Waals surface area (Å²) in [4.78, 5) is 3.67. The number of hydrogen-bond donors (Lipinski definition) is 0. The first-order chi connectivity index (χ1) is 4.16. The van der Waals surface area contributed by atoms with E-state index >= 15 is 0 Å². The van der Waals surface area contributed by atoms with Crippen molar-refractivity contribution in [2.24, 2.45) is 4.99 Å². The number of allylic oxidation sites excluding steroid dienone is 1. The smallest absolute Gasteiger partial charge is 0.100 e. The second kappa shape index (κ2) is 4.04. The molecule has 0 heterocycles. The maximum absolute atomic E-state index is 8.16. The molecule has 0 aliphatic rings. The molecule has 0 aromatic carbocycles. The Labute approximate surface area is 62.3 Å². The highest BCUT2D eigenvalue weighted by molar-refractivity contribution is 9.11. The van der Waals surface area contributed by atoms with Crippen LogP contribution in [0.3, 0.4) is 0 Å². The Kier molecular flexibility index (Phi) is 3.65. The normalized spacial score (nSPS) is 8.89. The van der Waals surface area contributed by atoms with E-state index < -0.39 is 0 Å². The van der Waals surface area contributed by atoms with Crippen LogP contribution in [0.25, 0.3) is 0 Å². The standard InChI is InChI=1S/C6H5BrN2/c1-5(3-8)4-9-6(2)7/h4H,1-2H2. The van der Waals surface area contributed by atoms with E-state index in [9.17, 15) is 0 Å². The summed E-state index contributed by atoms with van der Waals surface area (Å²) in [6, 6.07) is 1.81. The molecule has 0 fully saturated rings. The van der Waals surface area contributed by atoms with Crippen LogP contribution >= 0.6 is 15.9 Å². The number of rotatable bonds is 2. The summed E-state index contributed by atoms with van der Waals surface area (Å²) < 4.78 is 0.485. The summed E-state index contributed by atoms with van der Waals surface area (Å²) in [7, 11) is 0. The molecule has 0 bridgehead atoms. The second-order valence-corrected chi connectivity index (χ2v) is 2.19. The highest BCUT2D eigenvalue weighted by Gasteiger charge is 1.81. The van der Waals surface area contributed by atoms with Gasteiger partial charge in [0.15, 0.2) is 0 Å². The van der Waals surface area contributed by atoms with Gasteiger partial charge < -0.3 is 0 Å². The number of nitriles is 1. The van der Waals surface area contributed by atoms with Crippen LogP contribution in [0.2, 0.25) is 0 Å². The fourth-order valence-electron chi connectivity index (χ4n) is 0.177. The molecule has 0 spiro atoms. The van der Waals surface area contributed by atoms with Gasteiger partial charge in [-0.3, -0.25) is 0 Å². The minimum atomic E-state index is 0.315. The zero-order valence-electron chi connectivity index (χ0n) is 4.76. The van der Waals surface area contributed by atoms with Crippen molar-refractivity contribution >= 4 is 22.1 Å². The van der Waals surface area contributed by atoms with Crippen molar-refractivity contribution < 1.29 is 0 Å². The van der Waals surface area contributed by atoms with E-state index in [1.807, 2.05) is 6.07 Å². The predicted molar refractivity (Wildman–Crippen MR) is 41.3 cm³/mol. The molecule has 0 saturated heterocycles. The summed E-state index contributed by atoms with van der Waals surface area (Å²) in [5.74, 6) is 0. The van der Waals surface area contributed by atoms with E-state index in [4.69, 9.17) is 5.26 Å². The van der Waals surface area contributed by atoms with Gasteiger partial charge in [-0.15, -0.1) is 0 Å². The molecule has 3 heteroatoms. The highest BCUT2D eigenvalue weighted by Crippen LogP contribution is 2.00. The summed E-state index contributed by atoms with van der Waals surface area (Å²) in [6.45, 7) is 6.80. The van der Waals surface area contributed by atoms with Gasteiger partial charge in [0.25, 0.3) is 0 Å². The predicted octanol–water partition coefficient (Wildman–Crippen LogP) is 2.00. The first-order valence-corrected chi connectivity index (χ1v) is 2.93. The van der Waals surface area contributed by atoms with Crippen LogP contribution in [-0.4, -0.2) is 6.21 Å². The van der Waals surface area contributed by atoms with Crippen LogP contribution in [0.15, 0.2) is 28.3 Å². The zero-order valence-corrected chi connectivity index (χ0v) is 6.35. The Morgan fingerprint density at radius 3 is 2.56 bits per heavy atom. The first-order valence-electron chi connectivity index (χ1n) is 2.14. The average molecular weight is 185 g/mol. The van der Waals surface area contributed by atoms with Crippen LogP contribution in [0.4, 0.5) is 0 Å². The Morgan fingerprint density at radius 1 is 1.67 bits per heavy atom. The lowest BCUT2D eigenvalue weighted by Crippen LogP contribution is -1.74. The summed E-state index contributed by atoms with van der Waals surface area (Å²) >= 11 is 2.99. The molecule has 2 nitrogen and oxygen atoms in total. The van der Waals surface area contributed by atoms with Crippen molar-refractivity contribution in [2.45, 2.75) is 0 Å². The molecule has 0 radical (unpaired) electrons. The van der Waals surface area contributed by atoms with Gasteiger partial charge in [-0.05, 0) is 15.9 Å². The Morgan fingerprint density at radius 2 is 2.22 bits per heavy atom. The van der Waals surface area contributed by atoms with Crippen LogP contribution in [0.1, 0.15) is 0 Å². The van der Waals surface area contributed by atoms with Gasteiger partial charge in [-0.2, -0.15) is 5.26 Å². The third kappa shape index (κ3) is 4.98. The maximum Gasteiger partial charge on any atom is 0.100 e. The molecule has 0 rings (SSSR count). The molecule has 0 atom stereocenters. The van der Waals surface area contributed by atoms with E-state index in [1.165, 1.54) is 6.21 Å². The molecule has 0 unspecified atom stereocenters. The molecule has 46 valence electrons. The first kappa shape index (κ1) is 8.12. The van der Waals surface area contributed by atoms with Crippen molar-refractivity contribution in [1.29, 1.82) is 5.26 Å². The lowest BCUT2D eigenvalue weighted by molar-refractivity contribution is 1.51. The van der Waals surface area contributed by atoms with Crippen molar-refractivity contribution in [3.8, 4) is 6.07 Å². The Hall–Kier alpha value is -0.880. The quantitative estimate of drug-likeness (QED) is 0.368. The summed E-state index contributed by atoms with van der Waals surface area (Å²) in [6.07, 6.45) is 1.34. The largest absolute Gasteiger partial charge is 0.249 e. The molecule has 0 aliphatic heterocycles. The van der Waals surface area contributed by atoms with E-state index in [0.717, 1.165) is 0 Å². The summed E-state index contributed by atoms with van der Waals surface area (Å²) in [5, 5.41) is 8.16. The third-order valence-corrected chi connectivity index (χ3v) is 0.709. The fourth-order valence-corrected chi connectivity index (χ4v) is 0.279. The zero-order chi connectivity index (χ0) is 7.28. The van der Waals surface area contributed by atoms with Gasteiger partial charge in [0, 0.05) is 6.21 Å². The SMILES string of the molecule is C=C(C#N)C=NC(=C)Br. The molecule has 0 aromatic heterocycles. The molecular formula is C6H5BrN2. The van der Waals surface area contributed by atoms with Crippen molar-refractivity contribution in [2.75, 3.05) is 0 Å². The van der Waals surface area contributed by atoms with Crippen LogP contribution in [-0.2, 0) is 0 Å². The van der Waals surface area contributed by atoms with Gasteiger partial charge >= 0.3 is 0 Å². The van der Waals surface area contributed by atoms with Gasteiger partial charge in [-0.25, -0.2) is 4.99 Å². The monoisotopic (exact) mass is 184 g/mol. The van der Waals surface area contributed by atoms with Crippen molar-refractivity contribution in [1.82, 2.24) is 0 Å². The molecule has 9 heavy (non-hydrogen) atoms.